The van der Waals surface area contributed by atoms with Gasteiger partial charge < -0.3 is 9.78 Å². The van der Waals surface area contributed by atoms with E-state index >= 15 is 0 Å². The lowest BCUT2D eigenvalue weighted by molar-refractivity contribution is -0.114. The molecule has 0 bridgehead atoms. The molecule has 3 heterocycles. The van der Waals surface area contributed by atoms with Crippen LogP contribution in [0.5, 0.6) is 0 Å². The summed E-state index contributed by atoms with van der Waals surface area (Å²) in [6.45, 7) is 3.80. The van der Waals surface area contributed by atoms with Gasteiger partial charge in [0.25, 0.3) is 0 Å². The number of hydrogen-bond acceptors (Lipinski definition) is 4. The third-order valence-electron chi connectivity index (χ3n) is 3.45. The summed E-state index contributed by atoms with van der Waals surface area (Å²) in [4.78, 5) is 27.3. The molecule has 0 fully saturated rings. The summed E-state index contributed by atoms with van der Waals surface area (Å²) in [6.07, 6.45) is 6.76. The largest absolute Gasteiger partial charge is 0.345 e. The van der Waals surface area contributed by atoms with Crippen molar-refractivity contribution < 1.29 is 4.79 Å². The molecule has 0 aliphatic rings. The molecule has 5 nitrogen and oxygen atoms in total. The Labute approximate surface area is 132 Å². The van der Waals surface area contributed by atoms with E-state index in [0.29, 0.717) is 17.2 Å². The van der Waals surface area contributed by atoms with Crippen LogP contribution in [0.25, 0.3) is 22.4 Å². The number of nitrogens with zero attached hydrogens (tertiary/aromatic N) is 3. The number of aromatic amines is 1. The second kappa shape index (κ2) is 5.50. The lowest BCUT2D eigenvalue weighted by Gasteiger charge is -2.15. The van der Waals surface area contributed by atoms with Crippen molar-refractivity contribution in [3.05, 3.63) is 41.4 Å². The number of pyridine rings is 1. The van der Waals surface area contributed by atoms with Crippen molar-refractivity contribution in [2.75, 3.05) is 0 Å². The van der Waals surface area contributed by atoms with Crippen molar-refractivity contribution in [1.82, 2.24) is 19.9 Å². The minimum atomic E-state index is -0.438. The summed E-state index contributed by atoms with van der Waals surface area (Å²) in [6, 6.07) is 3.59. The number of fused-ring (bicyclic) bond motifs is 1. The van der Waals surface area contributed by atoms with Gasteiger partial charge >= 0.3 is 0 Å². The fraction of sp³-hybridized carbons (Fsp3) is 0.250. The zero-order chi connectivity index (χ0) is 15.7. The van der Waals surface area contributed by atoms with Gasteiger partial charge in [-0.1, -0.05) is 25.4 Å². The molecule has 0 radical (unpaired) electrons. The molecule has 6 heteroatoms. The first-order valence-corrected chi connectivity index (χ1v) is 7.27. The molecule has 1 N–H and O–H groups in total. The molecule has 0 spiro atoms. The van der Waals surface area contributed by atoms with Gasteiger partial charge in [0.1, 0.15) is 17.0 Å². The molecule has 22 heavy (non-hydrogen) atoms. The Morgan fingerprint density at radius 1 is 1.36 bits per heavy atom. The van der Waals surface area contributed by atoms with Gasteiger partial charge in [0, 0.05) is 23.4 Å². The van der Waals surface area contributed by atoms with E-state index in [-0.39, 0.29) is 0 Å². The third kappa shape index (κ3) is 2.85. The molecule has 0 saturated heterocycles. The standard InChI is InChI=1S/C16H15ClN4O/c1-16(2,9-22)6-11-7-19-15-14(11)21-12(8-20-15)10-3-4-18-13(17)5-10/h3-5,7-9H,6H2,1-2H3,(H,19,20). The minimum Gasteiger partial charge on any atom is -0.345 e. The second-order valence-corrected chi connectivity index (χ2v) is 6.30. The Kier molecular flexibility index (Phi) is 3.66. The molecule has 0 atom stereocenters. The number of carbonyl (C=O) groups is 1. The first kappa shape index (κ1) is 14.7. The maximum Gasteiger partial charge on any atom is 0.156 e. The number of hydrogen-bond donors (Lipinski definition) is 1. The molecule has 0 saturated carbocycles. The van der Waals surface area contributed by atoms with Crippen LogP contribution in [-0.2, 0) is 11.2 Å². The average molecular weight is 315 g/mol. The van der Waals surface area contributed by atoms with E-state index in [1.165, 1.54) is 0 Å². The number of aldehydes is 1. The number of carbonyl (C=O) groups excluding carboxylic acids is 1. The molecular formula is C16H15ClN4O. The SMILES string of the molecule is CC(C)(C=O)Cc1c[nH]c2ncc(-c3ccnc(Cl)c3)nc12. The Morgan fingerprint density at radius 2 is 2.18 bits per heavy atom. The number of rotatable bonds is 4. The summed E-state index contributed by atoms with van der Waals surface area (Å²) in [5, 5.41) is 0.413. The van der Waals surface area contributed by atoms with Gasteiger partial charge in [-0.2, -0.15) is 0 Å². The molecule has 0 amide bonds. The normalized spacial score (nSPS) is 11.8. The van der Waals surface area contributed by atoms with Crippen molar-refractivity contribution in [2.24, 2.45) is 5.41 Å². The fourth-order valence-corrected chi connectivity index (χ4v) is 2.48. The van der Waals surface area contributed by atoms with Gasteiger partial charge in [-0.3, -0.25) is 0 Å². The van der Waals surface area contributed by atoms with E-state index < -0.39 is 5.41 Å². The van der Waals surface area contributed by atoms with Crippen LogP contribution in [0.15, 0.2) is 30.7 Å². The second-order valence-electron chi connectivity index (χ2n) is 5.92. The third-order valence-corrected chi connectivity index (χ3v) is 3.65. The number of halogens is 1. The van der Waals surface area contributed by atoms with Gasteiger partial charge in [0.05, 0.1) is 11.9 Å². The summed E-state index contributed by atoms with van der Waals surface area (Å²) in [5.41, 5.74) is 3.60. The Bertz CT molecular complexity index is 841. The molecular weight excluding hydrogens is 300 g/mol. The van der Waals surface area contributed by atoms with Gasteiger partial charge in [0.15, 0.2) is 5.65 Å². The van der Waals surface area contributed by atoms with E-state index in [4.69, 9.17) is 11.6 Å². The maximum absolute atomic E-state index is 11.1. The highest BCUT2D eigenvalue weighted by molar-refractivity contribution is 6.29. The summed E-state index contributed by atoms with van der Waals surface area (Å²) < 4.78 is 0. The van der Waals surface area contributed by atoms with E-state index in [9.17, 15) is 4.79 Å². The fourth-order valence-electron chi connectivity index (χ4n) is 2.31. The number of H-pyrrole nitrogens is 1. The van der Waals surface area contributed by atoms with E-state index in [1.807, 2.05) is 26.1 Å². The van der Waals surface area contributed by atoms with Gasteiger partial charge in [-0.15, -0.1) is 0 Å². The molecule has 3 aromatic heterocycles. The number of aromatic nitrogens is 4. The topological polar surface area (TPSA) is 71.5 Å². The Morgan fingerprint density at radius 3 is 2.91 bits per heavy atom. The van der Waals surface area contributed by atoms with E-state index in [0.717, 1.165) is 28.6 Å². The summed E-state index contributed by atoms with van der Waals surface area (Å²) >= 11 is 5.92. The minimum absolute atomic E-state index is 0.413. The Hall–Kier alpha value is -2.27. The van der Waals surface area contributed by atoms with Gasteiger partial charge in [0.2, 0.25) is 0 Å². The molecule has 0 aliphatic heterocycles. The molecule has 112 valence electrons. The lowest BCUT2D eigenvalue weighted by atomic mass is 9.88. The monoisotopic (exact) mass is 314 g/mol. The van der Waals surface area contributed by atoms with Crippen molar-refractivity contribution in [1.29, 1.82) is 0 Å². The summed E-state index contributed by atoms with van der Waals surface area (Å²) in [7, 11) is 0. The van der Waals surface area contributed by atoms with Crippen LogP contribution in [0.3, 0.4) is 0 Å². The average Bonchev–Trinajstić information content (AvgIpc) is 2.89. The van der Waals surface area contributed by atoms with Crippen LogP contribution >= 0.6 is 11.6 Å². The highest BCUT2D eigenvalue weighted by Gasteiger charge is 2.20. The molecule has 0 aliphatic carbocycles. The molecule has 3 aromatic rings. The van der Waals surface area contributed by atoms with Crippen LogP contribution in [0.2, 0.25) is 5.15 Å². The van der Waals surface area contributed by atoms with Crippen LogP contribution in [-0.4, -0.2) is 26.2 Å². The van der Waals surface area contributed by atoms with Crippen LogP contribution < -0.4 is 0 Å². The predicted octanol–water partition coefficient (Wildman–Crippen LogP) is 3.44. The van der Waals surface area contributed by atoms with Gasteiger partial charge in [-0.25, -0.2) is 15.0 Å². The lowest BCUT2D eigenvalue weighted by Crippen LogP contribution is -2.16. The van der Waals surface area contributed by atoms with Crippen molar-refractivity contribution in [3.8, 4) is 11.3 Å². The molecule has 0 unspecified atom stereocenters. The smallest absolute Gasteiger partial charge is 0.156 e. The highest BCUT2D eigenvalue weighted by atomic mass is 35.5. The van der Waals surface area contributed by atoms with Gasteiger partial charge in [-0.05, 0) is 24.1 Å². The van der Waals surface area contributed by atoms with Crippen molar-refractivity contribution in [2.45, 2.75) is 20.3 Å². The van der Waals surface area contributed by atoms with E-state index in [2.05, 4.69) is 19.9 Å². The molecule has 0 aromatic carbocycles. The zero-order valence-corrected chi connectivity index (χ0v) is 13.1. The van der Waals surface area contributed by atoms with E-state index in [1.54, 1.807) is 18.5 Å². The van der Waals surface area contributed by atoms with Crippen molar-refractivity contribution >= 4 is 29.1 Å². The zero-order valence-electron chi connectivity index (χ0n) is 12.3. The van der Waals surface area contributed by atoms with Crippen molar-refractivity contribution in [3.63, 3.8) is 0 Å². The maximum atomic E-state index is 11.1. The first-order valence-electron chi connectivity index (χ1n) is 6.90. The number of nitrogens with one attached hydrogen (secondary N) is 1. The van der Waals surface area contributed by atoms with Crippen LogP contribution in [0, 0.1) is 5.41 Å². The summed E-state index contributed by atoms with van der Waals surface area (Å²) in [5.74, 6) is 0. The molecule has 3 rings (SSSR count). The highest BCUT2D eigenvalue weighted by Crippen LogP contribution is 2.26. The van der Waals surface area contributed by atoms with Crippen LogP contribution in [0.1, 0.15) is 19.4 Å². The first-order chi connectivity index (χ1) is 10.5. The quantitative estimate of drug-likeness (QED) is 0.591. The van der Waals surface area contributed by atoms with Crippen LogP contribution in [0.4, 0.5) is 0 Å². The predicted molar refractivity (Wildman–Crippen MR) is 85.7 cm³/mol. The Balaban J connectivity index is 2.07.